The first-order valence-corrected chi connectivity index (χ1v) is 46.5. The first kappa shape index (κ1) is 97.0. The number of ether oxygens (including phenoxy) is 6. The number of halogens is 6. The van der Waals surface area contributed by atoms with E-state index in [9.17, 15) is 39.6 Å². The van der Waals surface area contributed by atoms with E-state index in [0.29, 0.717) is 148 Å². The van der Waals surface area contributed by atoms with Crippen LogP contribution in [0.25, 0.3) is 0 Å². The van der Waals surface area contributed by atoms with Crippen molar-refractivity contribution in [2.24, 2.45) is 0 Å². The number of benzene rings is 6. The maximum absolute atomic E-state index is 13.7. The van der Waals surface area contributed by atoms with Crippen LogP contribution in [0.5, 0.6) is 0 Å². The topological polar surface area (TPSA) is 295 Å². The lowest BCUT2D eigenvalue weighted by atomic mass is 9.85. The summed E-state index contributed by atoms with van der Waals surface area (Å²) in [4.78, 5) is 53.1. The summed E-state index contributed by atoms with van der Waals surface area (Å²) in [6, 6.07) is 30.8. The zero-order valence-electron chi connectivity index (χ0n) is 68.7. The predicted molar refractivity (Wildman–Crippen MR) is 467 cm³/mol. The Balaban J connectivity index is 0.639. The van der Waals surface area contributed by atoms with Crippen LogP contribution in [0, 0.1) is 0 Å². The molecule has 0 saturated carbocycles. The third kappa shape index (κ3) is 29.7. The van der Waals surface area contributed by atoms with Gasteiger partial charge in [-0.05, 0) is 183 Å². The smallest absolute Gasteiger partial charge is 0.317 e. The fraction of sp³-hybridized carbons (Fsp3) is 0.524. The van der Waals surface area contributed by atoms with E-state index in [1.54, 1.807) is 93.9 Å². The highest BCUT2D eigenvalue weighted by Gasteiger charge is 2.33. The van der Waals surface area contributed by atoms with Crippen LogP contribution in [0.2, 0.25) is 30.1 Å². The first-order chi connectivity index (χ1) is 56.9. The van der Waals surface area contributed by atoms with Crippen LogP contribution in [0.3, 0.4) is 0 Å². The zero-order chi connectivity index (χ0) is 85.8. The van der Waals surface area contributed by atoms with Gasteiger partial charge in [0.25, 0.3) is 0 Å². The Hall–Kier alpha value is -5.80. The van der Waals surface area contributed by atoms with Gasteiger partial charge in [-0.25, -0.2) is 49.1 Å². The molecule has 0 fully saturated rings. The van der Waals surface area contributed by atoms with E-state index in [2.05, 4.69) is 45.0 Å². The van der Waals surface area contributed by atoms with E-state index in [1.807, 2.05) is 57.5 Å². The highest BCUT2D eigenvalue weighted by molar-refractivity contribution is 7.90. The molecular formula is C82H113Cl6N13O15S3. The van der Waals surface area contributed by atoms with Gasteiger partial charge in [0, 0.05) is 174 Å². The molecule has 656 valence electrons. The second kappa shape index (κ2) is 47.9. The summed E-state index contributed by atoms with van der Waals surface area (Å²) in [5.74, 6) is -0.374. The van der Waals surface area contributed by atoms with Gasteiger partial charge in [0.15, 0.2) is 0 Å². The minimum absolute atomic E-state index is 0.0473. The van der Waals surface area contributed by atoms with E-state index in [4.69, 9.17) is 98.0 Å². The summed E-state index contributed by atoms with van der Waals surface area (Å²) in [7, 11) is 0.977. The molecule has 37 heteroatoms. The molecule has 5 N–H and O–H groups in total. The molecule has 3 atom stereocenters. The molecule has 3 aliphatic rings. The summed E-state index contributed by atoms with van der Waals surface area (Å²) in [6.45, 7) is 10.6. The average molecular weight is 1830 g/mol. The molecule has 6 aromatic carbocycles. The Morgan fingerprint density at radius 3 is 1.00 bits per heavy atom. The van der Waals surface area contributed by atoms with E-state index in [0.717, 1.165) is 50.1 Å². The van der Waals surface area contributed by atoms with Crippen LogP contribution < -0.4 is 25.4 Å². The first-order valence-electron chi connectivity index (χ1n) is 39.8. The molecule has 3 aliphatic heterocycles. The van der Waals surface area contributed by atoms with Crippen LogP contribution in [0.15, 0.2) is 124 Å². The standard InChI is InChI=1S/C82H113Cl6N13O15S3/c1-94-53-71(68-47-62(83)50-77(86)74(68)56-94)59-14-8-17-65(44-59)117(105,106)92-23-32-111-38-40-113-34-28-97(4)80(102)89-20-11-25-101(26-12-21-90-81(103)98(5)29-35-114-41-39-112-33-24-93-118(107,108)66-18-9-15-60(45-66)72-54-95(2)57-75-69(72)48-63(84)51-78(75)87)27-13-22-91-82(104)99(6)30-36-115-42-43-116-37-31-100(7)119(109,110)67-19-10-16-61(46-67)73-55-96(3)58-76-70(73)49-64(85)52-79(76)88/h8-10,14-19,44-52,71-73,92-93H,11-13,20-43,53-58H2,1-7H3,(H,89,102)(H,90,103)(H,91,104)/t71-,72-,73-/m0/s1. The van der Waals surface area contributed by atoms with Crippen molar-refractivity contribution in [2.45, 2.75) is 71.3 Å². The van der Waals surface area contributed by atoms with E-state index >= 15 is 0 Å². The lowest BCUT2D eigenvalue weighted by Crippen LogP contribution is -2.42. The van der Waals surface area contributed by atoms with E-state index < -0.39 is 30.1 Å². The van der Waals surface area contributed by atoms with Gasteiger partial charge in [-0.2, -0.15) is 4.31 Å². The number of hydrogen-bond donors (Lipinski definition) is 5. The normalized spacial score (nSPS) is 16.0. The molecule has 0 aliphatic carbocycles. The van der Waals surface area contributed by atoms with Crippen molar-refractivity contribution < 1.29 is 68.1 Å². The molecule has 0 spiro atoms. The van der Waals surface area contributed by atoms with Gasteiger partial charge in [0.2, 0.25) is 30.1 Å². The number of fused-ring (bicyclic) bond motifs is 3. The quantitative estimate of drug-likeness (QED) is 0.0222. The Kier molecular flexibility index (Phi) is 39.0. The molecule has 6 aromatic rings. The molecule has 6 amide bonds. The maximum atomic E-state index is 13.7. The number of rotatable bonds is 48. The highest BCUT2D eigenvalue weighted by Crippen LogP contribution is 2.42. The Morgan fingerprint density at radius 1 is 0.378 bits per heavy atom. The fourth-order valence-electron chi connectivity index (χ4n) is 14.3. The summed E-state index contributed by atoms with van der Waals surface area (Å²) < 4.78 is 122. The second-order valence-electron chi connectivity index (χ2n) is 30.0. The average Bonchev–Trinajstić information content (AvgIpc) is 0.780. The lowest BCUT2D eigenvalue weighted by molar-refractivity contribution is 0.0413. The van der Waals surface area contributed by atoms with Crippen molar-refractivity contribution >= 4 is 118 Å². The Bertz CT molecular complexity index is 4500. The minimum atomic E-state index is -3.85. The van der Waals surface area contributed by atoms with Crippen molar-refractivity contribution in [1.29, 1.82) is 0 Å². The molecule has 9 rings (SSSR count). The molecule has 0 saturated heterocycles. The van der Waals surface area contributed by atoms with Crippen molar-refractivity contribution in [3.8, 4) is 0 Å². The molecule has 0 bridgehead atoms. The van der Waals surface area contributed by atoms with Gasteiger partial charge < -0.3 is 78.7 Å². The number of nitrogens with one attached hydrogen (secondary N) is 5. The highest BCUT2D eigenvalue weighted by atomic mass is 35.5. The SMILES string of the molecule is CN1Cc2c(Cl)cc(Cl)cc2[C@H](c2cccc(S(=O)(=O)NCCOCCOCCN(C)C(=O)NCCCN(CCCNC(=O)N(C)CCOCCOCCNS(=O)(=O)c3cccc([C@@H]4CN(C)Cc5c(Cl)cc(Cl)cc54)c3)CCCNC(=O)N(C)CCOCCOCCN(C)S(=O)(=O)c3cccc([C@@H]4CN(C)Cc5c(Cl)cc(Cl)cc54)c3)c2)C1. The number of amides is 6. The molecule has 0 aromatic heterocycles. The minimum Gasteiger partial charge on any atom is -0.378 e. The summed E-state index contributed by atoms with van der Waals surface area (Å²) in [5.41, 5.74) is 8.38. The van der Waals surface area contributed by atoms with Gasteiger partial charge in [-0.3, -0.25) is 0 Å². The molecule has 0 unspecified atom stereocenters. The largest absolute Gasteiger partial charge is 0.378 e. The Morgan fingerprint density at radius 2 is 0.672 bits per heavy atom. The maximum Gasteiger partial charge on any atom is 0.317 e. The summed E-state index contributed by atoms with van der Waals surface area (Å²) in [5, 5.41) is 12.2. The molecule has 119 heavy (non-hydrogen) atoms. The number of hydrogen-bond acceptors (Lipinski definition) is 19. The van der Waals surface area contributed by atoms with Gasteiger partial charge in [-0.1, -0.05) is 106 Å². The number of nitrogens with zero attached hydrogens (tertiary/aromatic N) is 8. The third-order valence-corrected chi connectivity index (χ3v) is 27.3. The number of likely N-dealkylation sites (N-methyl/N-ethyl adjacent to an activating group) is 7. The van der Waals surface area contributed by atoms with Crippen molar-refractivity contribution in [1.82, 2.24) is 64.0 Å². The van der Waals surface area contributed by atoms with E-state index in [-0.39, 0.29) is 149 Å². The third-order valence-electron chi connectivity index (χ3n) is 20.9. The van der Waals surface area contributed by atoms with Crippen LogP contribution in [-0.2, 0) is 78.1 Å². The van der Waals surface area contributed by atoms with Gasteiger partial charge in [0.1, 0.15) is 0 Å². The second-order valence-corrected chi connectivity index (χ2v) is 38.1. The zero-order valence-corrected chi connectivity index (χ0v) is 75.6. The number of carbonyl (C=O) groups is 3. The van der Waals surface area contributed by atoms with Crippen molar-refractivity contribution in [3.63, 3.8) is 0 Å². The summed E-state index contributed by atoms with van der Waals surface area (Å²) in [6.07, 6.45) is 1.84. The molecule has 0 radical (unpaired) electrons. The van der Waals surface area contributed by atoms with Crippen LogP contribution in [-0.4, -0.2) is 309 Å². The van der Waals surface area contributed by atoms with Gasteiger partial charge in [0.05, 0.1) is 94.0 Å². The van der Waals surface area contributed by atoms with E-state index in [1.165, 1.54) is 26.1 Å². The fourth-order valence-corrected chi connectivity index (χ4v) is 19.4. The van der Waals surface area contributed by atoms with Gasteiger partial charge in [-0.15, -0.1) is 0 Å². The lowest BCUT2D eigenvalue weighted by Gasteiger charge is -2.33. The number of urea groups is 3. The van der Waals surface area contributed by atoms with Crippen molar-refractivity contribution in [2.75, 3.05) is 227 Å². The number of sulfonamides is 3. The molecule has 28 nitrogen and oxygen atoms in total. The Labute approximate surface area is 732 Å². The summed E-state index contributed by atoms with van der Waals surface area (Å²) >= 11 is 39.0. The van der Waals surface area contributed by atoms with Crippen LogP contribution >= 0.6 is 69.6 Å². The van der Waals surface area contributed by atoms with Crippen LogP contribution in [0.4, 0.5) is 14.4 Å². The predicted octanol–water partition coefficient (Wildman–Crippen LogP) is 10.4. The number of carbonyl (C=O) groups excluding carboxylic acids is 3. The monoisotopic (exact) mass is 1830 g/mol. The molecule has 3 heterocycles. The van der Waals surface area contributed by atoms with Crippen LogP contribution in [0.1, 0.15) is 87.1 Å². The van der Waals surface area contributed by atoms with Gasteiger partial charge >= 0.3 is 18.1 Å². The molecular weight excluding hydrogens is 1720 g/mol. The van der Waals surface area contributed by atoms with Crippen molar-refractivity contribution in [3.05, 3.63) is 189 Å².